The van der Waals surface area contributed by atoms with Gasteiger partial charge in [0.25, 0.3) is 0 Å². The molecule has 1 aliphatic rings. The van der Waals surface area contributed by atoms with Crippen LogP contribution in [0, 0.1) is 5.92 Å². The Morgan fingerprint density at radius 3 is 2.33 bits per heavy atom. The first kappa shape index (κ1) is 10.3. The minimum absolute atomic E-state index is 0.342. The first-order chi connectivity index (χ1) is 5.63. The number of carbonyl (C=O) groups is 1. The summed E-state index contributed by atoms with van der Waals surface area (Å²) in [5.41, 5.74) is 0. The normalized spacial score (nSPS) is 27.3. The minimum atomic E-state index is -0.777. The highest BCUT2D eigenvalue weighted by Gasteiger charge is 2.42. The fraction of sp³-hybridized carbons (Fsp3) is 0.833. The molecule has 0 spiro atoms. The van der Waals surface area contributed by atoms with Gasteiger partial charge in [0.05, 0.1) is 5.92 Å². The Hall–Kier alpha value is 0.250. The van der Waals surface area contributed by atoms with Gasteiger partial charge in [-0.3, -0.25) is 4.79 Å². The van der Waals surface area contributed by atoms with Crippen LogP contribution in [0.15, 0.2) is 0 Å². The van der Waals surface area contributed by atoms with Gasteiger partial charge in [0, 0.05) is 31.8 Å². The maximum Gasteiger partial charge on any atom is 0.306 e. The molecule has 2 unspecified atom stereocenters. The first-order valence-electron chi connectivity index (χ1n) is 3.62. The van der Waals surface area contributed by atoms with Crippen LogP contribution in [-0.2, 0) is 13.8 Å². The van der Waals surface area contributed by atoms with Crippen molar-refractivity contribution in [3.8, 4) is 0 Å². The van der Waals surface area contributed by atoms with Crippen LogP contribution < -0.4 is 0 Å². The molecular weight excluding hydrogens is 198 g/mol. The van der Waals surface area contributed by atoms with E-state index in [2.05, 4.69) is 18.9 Å². The van der Waals surface area contributed by atoms with Crippen molar-refractivity contribution in [1.29, 1.82) is 0 Å². The fourth-order valence-corrected chi connectivity index (χ4v) is 2.08. The van der Waals surface area contributed by atoms with Gasteiger partial charge in [0.2, 0.25) is 0 Å². The average Bonchev–Trinajstić information content (AvgIpc) is 2.49. The van der Waals surface area contributed by atoms with Crippen LogP contribution in [0.3, 0.4) is 0 Å². The summed E-state index contributed by atoms with van der Waals surface area (Å²) in [4.78, 5) is 10.6. The molecule has 6 heteroatoms. The molecule has 0 aromatic rings. The predicted octanol–water partition coefficient (Wildman–Crippen LogP) is 1.18. The summed E-state index contributed by atoms with van der Waals surface area (Å²) in [7, 11) is 4.23. The topological polar surface area (TPSA) is 55.8 Å². The second kappa shape index (κ2) is 3.97. The largest absolute Gasteiger partial charge is 0.481 e. The highest BCUT2D eigenvalue weighted by molar-refractivity contribution is 7.10. The van der Waals surface area contributed by atoms with E-state index < -0.39 is 11.8 Å². The summed E-state index contributed by atoms with van der Waals surface area (Å²) in [5.74, 6) is -1.84. The molecule has 12 heavy (non-hydrogen) atoms. The zero-order valence-electron chi connectivity index (χ0n) is 6.53. The lowest BCUT2D eigenvalue weighted by Crippen LogP contribution is -2.26. The Balaban J connectivity index is 2.58. The standard InChI is InChI=1S/C6H12O4P2/c7-5(8)4-1-2-6(3-4,9-11)10-12/h4H,1-3,11-12H2,(H,7,8)/t4-/m0/s1. The second-order valence-corrected chi connectivity index (χ2v) is 3.40. The molecule has 1 N–H and O–H groups in total. The molecule has 0 bridgehead atoms. The number of hydrogen-bond donors (Lipinski definition) is 1. The fourth-order valence-electron chi connectivity index (χ4n) is 1.43. The summed E-state index contributed by atoms with van der Waals surface area (Å²) in [5, 5.41) is 8.71. The Kier molecular flexibility index (Phi) is 3.42. The number of hydrogen-bond acceptors (Lipinski definition) is 3. The molecule has 1 fully saturated rings. The third kappa shape index (κ3) is 1.94. The summed E-state index contributed by atoms with van der Waals surface area (Å²) < 4.78 is 10.1. The van der Waals surface area contributed by atoms with Crippen molar-refractivity contribution in [3.05, 3.63) is 0 Å². The van der Waals surface area contributed by atoms with Gasteiger partial charge in [-0.15, -0.1) is 0 Å². The third-order valence-corrected chi connectivity index (χ3v) is 3.07. The quantitative estimate of drug-likeness (QED) is 0.561. The highest BCUT2D eigenvalue weighted by atomic mass is 31.0. The van der Waals surface area contributed by atoms with Gasteiger partial charge in [0.1, 0.15) is 0 Å². The Labute approximate surface area is 75.6 Å². The average molecular weight is 210 g/mol. The molecule has 0 heterocycles. The van der Waals surface area contributed by atoms with Crippen molar-refractivity contribution >= 4 is 24.9 Å². The van der Waals surface area contributed by atoms with Crippen LogP contribution >= 0.6 is 18.9 Å². The molecule has 0 radical (unpaired) electrons. The van der Waals surface area contributed by atoms with Crippen molar-refractivity contribution in [2.45, 2.75) is 25.0 Å². The van der Waals surface area contributed by atoms with E-state index in [1.165, 1.54) is 0 Å². The minimum Gasteiger partial charge on any atom is -0.481 e. The number of rotatable bonds is 3. The van der Waals surface area contributed by atoms with Gasteiger partial charge in [-0.05, 0) is 6.42 Å². The summed E-state index contributed by atoms with van der Waals surface area (Å²) in [6, 6.07) is 0. The molecule has 70 valence electrons. The van der Waals surface area contributed by atoms with Crippen molar-refractivity contribution in [2.75, 3.05) is 0 Å². The smallest absolute Gasteiger partial charge is 0.306 e. The highest BCUT2D eigenvalue weighted by Crippen LogP contribution is 2.41. The van der Waals surface area contributed by atoms with E-state index >= 15 is 0 Å². The van der Waals surface area contributed by atoms with Crippen LogP contribution in [0.2, 0.25) is 0 Å². The van der Waals surface area contributed by atoms with Crippen LogP contribution in [0.4, 0.5) is 0 Å². The molecule has 3 atom stereocenters. The maximum absolute atomic E-state index is 10.6. The molecular formula is C6H12O4P2. The van der Waals surface area contributed by atoms with E-state index in [1.54, 1.807) is 0 Å². The summed E-state index contributed by atoms with van der Waals surface area (Å²) >= 11 is 0. The molecule has 1 rings (SSSR count). The predicted molar refractivity (Wildman–Crippen MR) is 49.3 cm³/mol. The van der Waals surface area contributed by atoms with E-state index in [-0.39, 0.29) is 5.92 Å². The van der Waals surface area contributed by atoms with Crippen LogP contribution in [0.1, 0.15) is 19.3 Å². The van der Waals surface area contributed by atoms with E-state index in [4.69, 9.17) is 14.2 Å². The van der Waals surface area contributed by atoms with E-state index in [1.807, 2.05) is 0 Å². The molecule has 1 aliphatic carbocycles. The SMILES string of the molecule is O=C(O)[C@H]1CCC(OP)(OP)C1. The Morgan fingerprint density at radius 1 is 1.50 bits per heavy atom. The van der Waals surface area contributed by atoms with Gasteiger partial charge in [0.15, 0.2) is 5.79 Å². The van der Waals surface area contributed by atoms with Gasteiger partial charge >= 0.3 is 5.97 Å². The van der Waals surface area contributed by atoms with Crippen molar-refractivity contribution in [2.24, 2.45) is 5.92 Å². The Morgan fingerprint density at radius 2 is 2.08 bits per heavy atom. The van der Waals surface area contributed by atoms with Crippen molar-refractivity contribution in [1.82, 2.24) is 0 Å². The third-order valence-electron chi connectivity index (χ3n) is 2.21. The maximum atomic E-state index is 10.6. The summed E-state index contributed by atoms with van der Waals surface area (Å²) in [6.07, 6.45) is 1.64. The number of aliphatic carboxylic acids is 1. The Bertz CT molecular complexity index is 180. The van der Waals surface area contributed by atoms with Gasteiger partial charge in [-0.1, -0.05) is 0 Å². The van der Waals surface area contributed by atoms with Gasteiger partial charge < -0.3 is 14.2 Å². The lowest BCUT2D eigenvalue weighted by Gasteiger charge is -2.24. The molecule has 0 aliphatic heterocycles. The van der Waals surface area contributed by atoms with E-state index in [0.717, 1.165) is 0 Å². The van der Waals surface area contributed by atoms with Crippen LogP contribution in [-0.4, -0.2) is 16.9 Å². The van der Waals surface area contributed by atoms with E-state index in [9.17, 15) is 4.79 Å². The summed E-state index contributed by atoms with van der Waals surface area (Å²) in [6.45, 7) is 0. The number of carboxylic acids is 1. The molecule has 4 nitrogen and oxygen atoms in total. The first-order valence-corrected chi connectivity index (χ1v) is 4.56. The molecule has 0 saturated heterocycles. The zero-order valence-corrected chi connectivity index (χ0v) is 8.83. The lowest BCUT2D eigenvalue weighted by atomic mass is 10.1. The van der Waals surface area contributed by atoms with E-state index in [0.29, 0.717) is 19.3 Å². The molecule has 0 aromatic heterocycles. The van der Waals surface area contributed by atoms with Gasteiger partial charge in [-0.2, -0.15) is 0 Å². The van der Waals surface area contributed by atoms with Gasteiger partial charge in [-0.25, -0.2) is 0 Å². The molecule has 0 aromatic carbocycles. The number of carboxylic acid groups (broad SMARTS) is 1. The monoisotopic (exact) mass is 210 g/mol. The van der Waals surface area contributed by atoms with Crippen molar-refractivity contribution in [3.63, 3.8) is 0 Å². The van der Waals surface area contributed by atoms with Crippen LogP contribution in [0.25, 0.3) is 0 Å². The molecule has 0 amide bonds. The lowest BCUT2D eigenvalue weighted by molar-refractivity contribution is -0.144. The van der Waals surface area contributed by atoms with Crippen molar-refractivity contribution < 1.29 is 18.9 Å². The molecule has 1 saturated carbocycles. The van der Waals surface area contributed by atoms with Crippen LogP contribution in [0.5, 0.6) is 0 Å². The zero-order chi connectivity index (χ0) is 9.19. The second-order valence-electron chi connectivity index (χ2n) is 2.92.